The van der Waals surface area contributed by atoms with Gasteiger partial charge in [-0.3, -0.25) is 9.59 Å². The van der Waals surface area contributed by atoms with E-state index in [0.29, 0.717) is 17.1 Å². The molecule has 3 rings (SSSR count). The minimum absolute atomic E-state index is 0.128. The van der Waals surface area contributed by atoms with Gasteiger partial charge in [-0.1, -0.05) is 41.9 Å². The Morgan fingerprint density at radius 2 is 1.86 bits per heavy atom. The summed E-state index contributed by atoms with van der Waals surface area (Å²) in [6.07, 6.45) is -0.138. The van der Waals surface area contributed by atoms with Crippen LogP contribution in [0, 0.1) is 0 Å². The summed E-state index contributed by atoms with van der Waals surface area (Å²) in [5, 5.41) is 9.78. The van der Waals surface area contributed by atoms with Crippen LogP contribution in [0.4, 0.5) is 0 Å². The molecule has 1 amide bonds. The molecule has 1 atom stereocenters. The summed E-state index contributed by atoms with van der Waals surface area (Å²) in [6, 6.07) is 13.8. The third-order valence-corrected chi connectivity index (χ3v) is 4.10. The molecule has 0 aliphatic carbocycles. The number of amides is 1. The second-order valence-electron chi connectivity index (χ2n) is 5.26. The summed E-state index contributed by atoms with van der Waals surface area (Å²) in [4.78, 5) is 25.4. The van der Waals surface area contributed by atoms with E-state index in [0.717, 1.165) is 11.1 Å². The number of aliphatic carboxylic acids is 1. The number of benzene rings is 2. The van der Waals surface area contributed by atoms with Crippen molar-refractivity contribution in [3.8, 4) is 0 Å². The molecule has 0 spiro atoms. The van der Waals surface area contributed by atoms with Crippen LogP contribution >= 0.6 is 11.6 Å². The predicted octanol–water partition coefficient (Wildman–Crippen LogP) is 3.51. The molecule has 1 aliphatic rings. The highest BCUT2D eigenvalue weighted by Gasteiger charge is 2.34. The van der Waals surface area contributed by atoms with Crippen LogP contribution in [-0.4, -0.2) is 21.9 Å². The van der Waals surface area contributed by atoms with Gasteiger partial charge < -0.3 is 10.0 Å². The van der Waals surface area contributed by atoms with E-state index in [9.17, 15) is 14.7 Å². The fourth-order valence-electron chi connectivity index (χ4n) is 2.79. The van der Waals surface area contributed by atoms with E-state index in [-0.39, 0.29) is 12.3 Å². The molecule has 22 heavy (non-hydrogen) atoms. The molecule has 0 saturated carbocycles. The summed E-state index contributed by atoms with van der Waals surface area (Å²) < 4.78 is 0. The van der Waals surface area contributed by atoms with Gasteiger partial charge >= 0.3 is 5.97 Å². The quantitative estimate of drug-likeness (QED) is 0.939. The van der Waals surface area contributed by atoms with E-state index >= 15 is 0 Å². The van der Waals surface area contributed by atoms with Gasteiger partial charge in [0.05, 0.1) is 12.5 Å². The van der Waals surface area contributed by atoms with E-state index in [1.165, 1.54) is 0 Å². The highest BCUT2D eigenvalue weighted by atomic mass is 35.5. The van der Waals surface area contributed by atoms with Crippen LogP contribution in [-0.2, 0) is 11.3 Å². The largest absolute Gasteiger partial charge is 0.481 e. The first-order chi connectivity index (χ1) is 10.6. The summed E-state index contributed by atoms with van der Waals surface area (Å²) in [7, 11) is 0. The third kappa shape index (κ3) is 2.70. The van der Waals surface area contributed by atoms with Crippen molar-refractivity contribution in [3.63, 3.8) is 0 Å². The van der Waals surface area contributed by atoms with Crippen molar-refractivity contribution in [3.05, 3.63) is 70.2 Å². The average molecular weight is 316 g/mol. The van der Waals surface area contributed by atoms with Gasteiger partial charge in [0.25, 0.3) is 5.91 Å². The van der Waals surface area contributed by atoms with E-state index in [1.807, 2.05) is 18.2 Å². The van der Waals surface area contributed by atoms with Crippen LogP contribution in [0.25, 0.3) is 0 Å². The number of carboxylic acid groups (broad SMARTS) is 1. The van der Waals surface area contributed by atoms with E-state index < -0.39 is 12.0 Å². The molecule has 0 saturated heterocycles. The Morgan fingerprint density at radius 3 is 2.50 bits per heavy atom. The molecular weight excluding hydrogens is 302 g/mol. The standard InChI is InChI=1S/C17H14ClNO3/c18-13-7-5-11(6-8-13)15(9-16(20)21)19-10-12-3-1-2-4-14(12)17(19)22/h1-8,15H,9-10H2,(H,20,21)/t15-/m1/s1. The number of rotatable bonds is 4. The van der Waals surface area contributed by atoms with Crippen LogP contribution in [0.1, 0.15) is 33.9 Å². The van der Waals surface area contributed by atoms with Crippen molar-refractivity contribution in [2.24, 2.45) is 0 Å². The molecule has 5 heteroatoms. The maximum absolute atomic E-state index is 12.6. The molecule has 4 nitrogen and oxygen atoms in total. The lowest BCUT2D eigenvalue weighted by atomic mass is 10.0. The van der Waals surface area contributed by atoms with Crippen molar-refractivity contribution < 1.29 is 14.7 Å². The SMILES string of the molecule is O=C(O)C[C@H](c1ccc(Cl)cc1)N1Cc2ccccc2C1=O. The lowest BCUT2D eigenvalue weighted by Crippen LogP contribution is -2.30. The summed E-state index contributed by atoms with van der Waals surface area (Å²) in [5.41, 5.74) is 2.34. The predicted molar refractivity (Wildman–Crippen MR) is 82.8 cm³/mol. The lowest BCUT2D eigenvalue weighted by molar-refractivity contribution is -0.138. The number of hydrogen-bond donors (Lipinski definition) is 1. The van der Waals surface area contributed by atoms with Gasteiger partial charge in [0.15, 0.2) is 0 Å². The molecule has 0 bridgehead atoms. The number of nitrogens with zero attached hydrogens (tertiary/aromatic N) is 1. The molecular formula is C17H14ClNO3. The fourth-order valence-corrected chi connectivity index (χ4v) is 2.91. The number of carbonyl (C=O) groups excluding carboxylic acids is 1. The number of carbonyl (C=O) groups is 2. The zero-order chi connectivity index (χ0) is 15.7. The van der Waals surface area contributed by atoms with Crippen molar-refractivity contribution in [1.82, 2.24) is 4.90 Å². The Balaban J connectivity index is 1.96. The van der Waals surface area contributed by atoms with Gasteiger partial charge in [0, 0.05) is 17.1 Å². The molecule has 112 valence electrons. The van der Waals surface area contributed by atoms with Gasteiger partial charge in [-0.15, -0.1) is 0 Å². The molecule has 0 aromatic heterocycles. The molecule has 2 aromatic carbocycles. The molecule has 0 unspecified atom stereocenters. The van der Waals surface area contributed by atoms with Crippen LogP contribution in [0.2, 0.25) is 5.02 Å². The highest BCUT2D eigenvalue weighted by molar-refractivity contribution is 6.30. The minimum Gasteiger partial charge on any atom is -0.481 e. The smallest absolute Gasteiger partial charge is 0.305 e. The Hall–Kier alpha value is -2.33. The zero-order valence-corrected chi connectivity index (χ0v) is 12.5. The van der Waals surface area contributed by atoms with Crippen LogP contribution in [0.15, 0.2) is 48.5 Å². The van der Waals surface area contributed by atoms with Crippen molar-refractivity contribution in [2.75, 3.05) is 0 Å². The Labute approximate surface area is 132 Å². The number of hydrogen-bond acceptors (Lipinski definition) is 2. The Kier molecular flexibility index (Phi) is 3.86. The zero-order valence-electron chi connectivity index (χ0n) is 11.7. The van der Waals surface area contributed by atoms with Gasteiger partial charge in [0.1, 0.15) is 0 Å². The molecule has 1 N–H and O–H groups in total. The van der Waals surface area contributed by atoms with Crippen LogP contribution in [0.3, 0.4) is 0 Å². The highest BCUT2D eigenvalue weighted by Crippen LogP contribution is 2.33. The first kappa shape index (κ1) is 14.6. The summed E-state index contributed by atoms with van der Waals surface area (Å²) in [5.74, 6) is -1.07. The minimum atomic E-state index is -0.941. The van der Waals surface area contributed by atoms with Crippen molar-refractivity contribution in [2.45, 2.75) is 19.0 Å². The van der Waals surface area contributed by atoms with Gasteiger partial charge in [-0.05, 0) is 29.3 Å². The molecule has 2 aromatic rings. The fraction of sp³-hybridized carbons (Fsp3) is 0.176. The molecule has 0 radical (unpaired) electrons. The average Bonchev–Trinajstić information content (AvgIpc) is 2.83. The maximum Gasteiger partial charge on any atom is 0.305 e. The number of fused-ring (bicyclic) bond motifs is 1. The number of carboxylic acids is 1. The maximum atomic E-state index is 12.6. The van der Waals surface area contributed by atoms with Crippen LogP contribution < -0.4 is 0 Å². The van der Waals surface area contributed by atoms with Gasteiger partial charge in [-0.25, -0.2) is 0 Å². The van der Waals surface area contributed by atoms with Crippen molar-refractivity contribution >= 4 is 23.5 Å². The third-order valence-electron chi connectivity index (χ3n) is 3.85. The lowest BCUT2D eigenvalue weighted by Gasteiger charge is -2.27. The Morgan fingerprint density at radius 1 is 1.18 bits per heavy atom. The van der Waals surface area contributed by atoms with Crippen LogP contribution in [0.5, 0.6) is 0 Å². The van der Waals surface area contributed by atoms with Gasteiger partial charge in [0.2, 0.25) is 0 Å². The monoisotopic (exact) mass is 315 g/mol. The first-order valence-electron chi connectivity index (χ1n) is 6.92. The van der Waals surface area contributed by atoms with E-state index in [4.69, 9.17) is 11.6 Å². The molecule has 1 aliphatic heterocycles. The second kappa shape index (κ2) is 5.81. The summed E-state index contributed by atoms with van der Waals surface area (Å²) >= 11 is 5.89. The van der Waals surface area contributed by atoms with Crippen molar-refractivity contribution in [1.29, 1.82) is 0 Å². The molecule has 0 fully saturated rings. The first-order valence-corrected chi connectivity index (χ1v) is 7.30. The molecule has 1 heterocycles. The Bertz CT molecular complexity index is 727. The number of halogens is 1. The summed E-state index contributed by atoms with van der Waals surface area (Å²) in [6.45, 7) is 0.426. The second-order valence-corrected chi connectivity index (χ2v) is 5.69. The topological polar surface area (TPSA) is 57.6 Å². The normalized spacial score (nSPS) is 14.8. The van der Waals surface area contributed by atoms with E-state index in [2.05, 4.69) is 0 Å². The van der Waals surface area contributed by atoms with E-state index in [1.54, 1.807) is 35.2 Å². The van der Waals surface area contributed by atoms with Gasteiger partial charge in [-0.2, -0.15) is 0 Å².